The highest BCUT2D eigenvalue weighted by molar-refractivity contribution is 7.85. The average molecular weight is 254 g/mol. The maximum absolute atomic E-state index is 11.2. The lowest BCUT2D eigenvalue weighted by molar-refractivity contribution is -0.384. The zero-order valence-electron chi connectivity index (χ0n) is 9.30. The lowest BCUT2D eigenvalue weighted by Gasteiger charge is -2.23. The second-order valence-corrected chi connectivity index (χ2v) is 5.77. The molecule has 1 aliphatic rings. The van der Waals surface area contributed by atoms with Gasteiger partial charge in [-0.2, -0.15) is 0 Å². The number of nitrogens with zero attached hydrogens (tertiary/aromatic N) is 1. The first-order valence-corrected chi connectivity index (χ1v) is 7.00. The summed E-state index contributed by atoms with van der Waals surface area (Å²) < 4.78 is 11.2. The molecule has 0 atom stereocenters. The van der Waals surface area contributed by atoms with Gasteiger partial charge in [0.15, 0.2) is 0 Å². The van der Waals surface area contributed by atoms with Crippen LogP contribution in [0.2, 0.25) is 0 Å². The summed E-state index contributed by atoms with van der Waals surface area (Å²) in [6.07, 6.45) is 1.78. The molecule has 1 aromatic carbocycles. The molecule has 0 radical (unpaired) electrons. The van der Waals surface area contributed by atoms with E-state index >= 15 is 0 Å². The van der Waals surface area contributed by atoms with Crippen LogP contribution in [0.15, 0.2) is 24.3 Å². The first-order valence-electron chi connectivity index (χ1n) is 5.51. The summed E-state index contributed by atoms with van der Waals surface area (Å²) in [4.78, 5) is 10.1. The topological polar surface area (TPSA) is 72.2 Å². The summed E-state index contributed by atoms with van der Waals surface area (Å²) in [5, 5.41) is 13.8. The molecule has 1 aromatic rings. The van der Waals surface area contributed by atoms with Crippen molar-refractivity contribution in [2.75, 3.05) is 16.8 Å². The number of hydrogen-bond acceptors (Lipinski definition) is 4. The minimum absolute atomic E-state index is 0.0975. The minimum atomic E-state index is -0.658. The fourth-order valence-corrected chi connectivity index (χ4v) is 3.15. The summed E-state index contributed by atoms with van der Waals surface area (Å²) in [5.74, 6) is 1.48. The zero-order chi connectivity index (χ0) is 12.3. The Bertz CT molecular complexity index is 423. The summed E-state index contributed by atoms with van der Waals surface area (Å²) in [7, 11) is -0.658. The lowest BCUT2D eigenvalue weighted by Crippen LogP contribution is -2.29. The number of nitrogens with one attached hydrogen (secondary N) is 1. The molecule has 0 saturated carbocycles. The molecule has 1 heterocycles. The van der Waals surface area contributed by atoms with Crippen LogP contribution in [0.1, 0.15) is 12.8 Å². The highest BCUT2D eigenvalue weighted by Crippen LogP contribution is 2.19. The van der Waals surface area contributed by atoms with E-state index in [1.165, 1.54) is 12.1 Å². The van der Waals surface area contributed by atoms with Gasteiger partial charge in [-0.1, -0.05) is 0 Å². The molecule has 0 aliphatic carbocycles. The molecule has 0 aromatic heterocycles. The van der Waals surface area contributed by atoms with E-state index in [1.807, 2.05) is 0 Å². The van der Waals surface area contributed by atoms with E-state index in [2.05, 4.69) is 5.32 Å². The highest BCUT2D eigenvalue weighted by Gasteiger charge is 2.17. The molecular formula is C11H14N2O3S. The fourth-order valence-electron chi connectivity index (χ4n) is 1.85. The Morgan fingerprint density at radius 3 is 2.35 bits per heavy atom. The molecular weight excluding hydrogens is 240 g/mol. The summed E-state index contributed by atoms with van der Waals surface area (Å²) in [6.45, 7) is 0. The van der Waals surface area contributed by atoms with Crippen molar-refractivity contribution in [1.82, 2.24) is 0 Å². The Morgan fingerprint density at radius 2 is 1.82 bits per heavy atom. The Hall–Kier alpha value is -1.43. The molecule has 2 rings (SSSR count). The van der Waals surface area contributed by atoms with Crippen LogP contribution in [0.25, 0.3) is 0 Å². The van der Waals surface area contributed by atoms with Gasteiger partial charge in [0.05, 0.1) is 4.92 Å². The molecule has 1 N–H and O–H groups in total. The van der Waals surface area contributed by atoms with Crippen molar-refractivity contribution in [3.05, 3.63) is 34.4 Å². The van der Waals surface area contributed by atoms with E-state index in [0.29, 0.717) is 6.04 Å². The van der Waals surface area contributed by atoms with Crippen LogP contribution in [0.4, 0.5) is 11.4 Å². The van der Waals surface area contributed by atoms with Crippen LogP contribution in [0.5, 0.6) is 0 Å². The van der Waals surface area contributed by atoms with Crippen molar-refractivity contribution in [2.24, 2.45) is 0 Å². The van der Waals surface area contributed by atoms with Gasteiger partial charge in [0, 0.05) is 46.2 Å². The number of rotatable bonds is 3. The predicted molar refractivity (Wildman–Crippen MR) is 67.6 cm³/mol. The Morgan fingerprint density at radius 1 is 1.24 bits per heavy atom. The third-order valence-electron chi connectivity index (χ3n) is 2.84. The zero-order valence-corrected chi connectivity index (χ0v) is 10.1. The number of anilines is 1. The maximum Gasteiger partial charge on any atom is 0.269 e. The standard InChI is InChI=1S/C11H14N2O3S/c14-13(15)11-3-1-9(2-4-11)12-10-5-7-17(16)8-6-10/h1-4,10,12H,5-8H2. The monoisotopic (exact) mass is 254 g/mol. The van der Waals surface area contributed by atoms with Gasteiger partial charge in [-0.3, -0.25) is 14.3 Å². The van der Waals surface area contributed by atoms with Crippen molar-refractivity contribution in [2.45, 2.75) is 18.9 Å². The van der Waals surface area contributed by atoms with Crippen molar-refractivity contribution < 1.29 is 9.13 Å². The highest BCUT2D eigenvalue weighted by atomic mass is 32.2. The third kappa shape index (κ3) is 3.26. The molecule has 92 valence electrons. The van der Waals surface area contributed by atoms with Gasteiger partial charge < -0.3 is 5.32 Å². The SMILES string of the molecule is O=[N+]([O-])c1ccc(NC2CCS(=O)CC2)cc1. The van der Waals surface area contributed by atoms with Gasteiger partial charge in [-0.15, -0.1) is 0 Å². The van der Waals surface area contributed by atoms with Gasteiger partial charge in [0.2, 0.25) is 0 Å². The summed E-state index contributed by atoms with van der Waals surface area (Å²) in [6, 6.07) is 6.73. The number of benzene rings is 1. The molecule has 0 bridgehead atoms. The van der Waals surface area contributed by atoms with E-state index in [4.69, 9.17) is 0 Å². The van der Waals surface area contributed by atoms with Crippen LogP contribution in [0.3, 0.4) is 0 Å². The molecule has 0 amide bonds. The first-order chi connectivity index (χ1) is 8.15. The molecule has 1 fully saturated rings. The molecule has 1 aliphatic heterocycles. The van der Waals surface area contributed by atoms with Crippen LogP contribution in [-0.4, -0.2) is 26.7 Å². The van der Waals surface area contributed by atoms with Crippen LogP contribution in [0, 0.1) is 10.1 Å². The van der Waals surface area contributed by atoms with E-state index in [0.717, 1.165) is 30.0 Å². The quantitative estimate of drug-likeness (QED) is 0.660. The van der Waals surface area contributed by atoms with Crippen LogP contribution >= 0.6 is 0 Å². The number of non-ortho nitro benzene ring substituents is 1. The van der Waals surface area contributed by atoms with Crippen LogP contribution in [-0.2, 0) is 10.8 Å². The second-order valence-electron chi connectivity index (χ2n) is 4.07. The average Bonchev–Trinajstić information content (AvgIpc) is 2.33. The maximum atomic E-state index is 11.2. The second kappa shape index (κ2) is 5.27. The largest absolute Gasteiger partial charge is 0.382 e. The van der Waals surface area contributed by atoms with Crippen molar-refractivity contribution >= 4 is 22.2 Å². The van der Waals surface area contributed by atoms with Gasteiger partial charge in [0.1, 0.15) is 0 Å². The minimum Gasteiger partial charge on any atom is -0.382 e. The van der Waals surface area contributed by atoms with Crippen LogP contribution < -0.4 is 5.32 Å². The molecule has 17 heavy (non-hydrogen) atoms. The normalized spacial score (nSPS) is 24.2. The number of nitro benzene ring substituents is 1. The van der Waals surface area contributed by atoms with E-state index in [1.54, 1.807) is 12.1 Å². The first kappa shape index (κ1) is 12.0. The number of nitro groups is 1. The van der Waals surface area contributed by atoms with E-state index < -0.39 is 15.7 Å². The van der Waals surface area contributed by atoms with Gasteiger partial charge in [0.25, 0.3) is 5.69 Å². The van der Waals surface area contributed by atoms with E-state index in [9.17, 15) is 14.3 Å². The Labute approximate surface area is 102 Å². The Balaban J connectivity index is 1.95. The van der Waals surface area contributed by atoms with Gasteiger partial charge >= 0.3 is 0 Å². The van der Waals surface area contributed by atoms with E-state index in [-0.39, 0.29) is 5.69 Å². The molecule has 5 nitrogen and oxygen atoms in total. The molecule has 0 spiro atoms. The predicted octanol–water partition coefficient (Wildman–Crippen LogP) is 1.92. The molecule has 6 heteroatoms. The molecule has 1 saturated heterocycles. The van der Waals surface area contributed by atoms with Gasteiger partial charge in [-0.05, 0) is 25.0 Å². The smallest absolute Gasteiger partial charge is 0.269 e. The lowest BCUT2D eigenvalue weighted by atomic mass is 10.1. The van der Waals surface area contributed by atoms with Crippen molar-refractivity contribution in [1.29, 1.82) is 0 Å². The molecule has 0 unspecified atom stereocenters. The third-order valence-corrected chi connectivity index (χ3v) is 4.22. The summed E-state index contributed by atoms with van der Waals surface area (Å²) >= 11 is 0. The van der Waals surface area contributed by atoms with Crippen molar-refractivity contribution in [3.8, 4) is 0 Å². The summed E-state index contributed by atoms with van der Waals surface area (Å²) in [5.41, 5.74) is 0.980. The van der Waals surface area contributed by atoms with Crippen molar-refractivity contribution in [3.63, 3.8) is 0 Å². The number of hydrogen-bond donors (Lipinski definition) is 1. The Kier molecular flexibility index (Phi) is 3.73. The fraction of sp³-hybridized carbons (Fsp3) is 0.455. The van der Waals surface area contributed by atoms with Gasteiger partial charge in [-0.25, -0.2) is 0 Å².